The second-order valence-corrected chi connectivity index (χ2v) is 7.95. The number of fused-ring (bicyclic) bond motifs is 1. The van der Waals surface area contributed by atoms with Crippen molar-refractivity contribution in [2.24, 2.45) is 0 Å². The molecule has 3 rings (SSSR count). The lowest BCUT2D eigenvalue weighted by atomic mass is 10.2. The molecule has 8 heteroatoms. The average Bonchev–Trinajstić information content (AvgIpc) is 3.01. The topological polar surface area (TPSA) is 84.9 Å². The van der Waals surface area contributed by atoms with Gasteiger partial charge in [-0.1, -0.05) is 12.1 Å². The number of ether oxygens (including phenoxy) is 2. The lowest BCUT2D eigenvalue weighted by Crippen LogP contribution is -2.33. The van der Waals surface area contributed by atoms with Gasteiger partial charge < -0.3 is 14.8 Å². The Labute approximate surface area is 152 Å². The standard InChI is InChI=1S/C18H20N2O5S/c1-13-4-3-5-14(10-13)19-18(21)8-9-20(26(2,22)23)15-6-7-16-17(11-15)25-12-24-16/h3-7,10-11H,8-9,12H2,1-2H3,(H,19,21). The minimum absolute atomic E-state index is 0.0233. The number of benzene rings is 2. The van der Waals surface area contributed by atoms with Crippen LogP contribution in [-0.4, -0.2) is 33.9 Å². The van der Waals surface area contributed by atoms with Crippen LogP contribution < -0.4 is 19.1 Å². The van der Waals surface area contributed by atoms with Gasteiger partial charge in [-0.2, -0.15) is 0 Å². The predicted octanol–water partition coefficient (Wildman–Crippen LogP) is 2.52. The minimum Gasteiger partial charge on any atom is -0.454 e. The van der Waals surface area contributed by atoms with Gasteiger partial charge in [0.05, 0.1) is 11.9 Å². The van der Waals surface area contributed by atoms with E-state index in [4.69, 9.17) is 9.47 Å². The summed E-state index contributed by atoms with van der Waals surface area (Å²) in [5.74, 6) is 0.796. The van der Waals surface area contributed by atoms with Crippen molar-refractivity contribution in [2.75, 3.05) is 29.2 Å². The first kappa shape index (κ1) is 18.1. The highest BCUT2D eigenvalue weighted by Crippen LogP contribution is 2.36. The largest absolute Gasteiger partial charge is 0.454 e. The van der Waals surface area contributed by atoms with Crippen LogP contribution in [0.2, 0.25) is 0 Å². The van der Waals surface area contributed by atoms with Crippen LogP contribution in [0.3, 0.4) is 0 Å². The number of amides is 1. The van der Waals surface area contributed by atoms with Gasteiger partial charge in [0.15, 0.2) is 11.5 Å². The maximum absolute atomic E-state index is 12.2. The molecule has 0 bridgehead atoms. The SMILES string of the molecule is Cc1cccc(NC(=O)CCN(c2ccc3c(c2)OCO3)S(C)(=O)=O)c1. The number of hydrogen-bond donors (Lipinski definition) is 1. The van der Waals surface area contributed by atoms with Gasteiger partial charge >= 0.3 is 0 Å². The summed E-state index contributed by atoms with van der Waals surface area (Å²) in [5.41, 5.74) is 2.14. The van der Waals surface area contributed by atoms with Crippen LogP contribution in [0.25, 0.3) is 0 Å². The molecule has 2 aromatic rings. The summed E-state index contributed by atoms with van der Waals surface area (Å²) in [6, 6.07) is 12.3. The minimum atomic E-state index is -3.55. The van der Waals surface area contributed by atoms with Crippen LogP contribution in [0.5, 0.6) is 11.5 Å². The first-order valence-corrected chi connectivity index (χ1v) is 9.91. The molecule has 0 fully saturated rings. The summed E-state index contributed by atoms with van der Waals surface area (Å²) >= 11 is 0. The fourth-order valence-corrected chi connectivity index (χ4v) is 3.60. The number of sulfonamides is 1. The normalized spacial score (nSPS) is 12.7. The van der Waals surface area contributed by atoms with Crippen LogP contribution >= 0.6 is 0 Å². The van der Waals surface area contributed by atoms with Crippen LogP contribution in [0.1, 0.15) is 12.0 Å². The van der Waals surface area contributed by atoms with Gasteiger partial charge in [-0.05, 0) is 36.8 Å². The summed E-state index contributed by atoms with van der Waals surface area (Å²) in [6.45, 7) is 2.06. The molecule has 138 valence electrons. The van der Waals surface area contributed by atoms with Crippen molar-refractivity contribution in [1.29, 1.82) is 0 Å². The Bertz CT molecular complexity index is 927. The van der Waals surface area contributed by atoms with E-state index in [0.717, 1.165) is 11.8 Å². The zero-order valence-corrected chi connectivity index (χ0v) is 15.4. The van der Waals surface area contributed by atoms with Crippen molar-refractivity contribution in [3.05, 3.63) is 48.0 Å². The third kappa shape index (κ3) is 4.26. The molecular weight excluding hydrogens is 356 g/mol. The third-order valence-corrected chi connectivity index (χ3v) is 5.08. The molecule has 1 heterocycles. The van der Waals surface area contributed by atoms with Gasteiger partial charge in [-0.3, -0.25) is 9.10 Å². The number of carbonyl (C=O) groups excluding carboxylic acids is 1. The van der Waals surface area contributed by atoms with Crippen LogP contribution in [-0.2, 0) is 14.8 Å². The Kier molecular flexibility index (Phi) is 5.03. The number of aryl methyl sites for hydroxylation is 1. The Hall–Kier alpha value is -2.74. The van der Waals surface area contributed by atoms with E-state index in [-0.39, 0.29) is 25.7 Å². The predicted molar refractivity (Wildman–Crippen MR) is 99.2 cm³/mol. The molecule has 1 aliphatic rings. The van der Waals surface area contributed by atoms with E-state index in [2.05, 4.69) is 5.32 Å². The molecule has 0 saturated carbocycles. The number of nitrogens with one attached hydrogen (secondary N) is 1. The second-order valence-electron chi connectivity index (χ2n) is 6.04. The monoisotopic (exact) mass is 376 g/mol. The molecule has 0 spiro atoms. The first-order valence-electron chi connectivity index (χ1n) is 8.07. The van der Waals surface area contributed by atoms with Crippen molar-refractivity contribution >= 4 is 27.3 Å². The van der Waals surface area contributed by atoms with Crippen molar-refractivity contribution in [1.82, 2.24) is 0 Å². The fourth-order valence-electron chi connectivity index (χ4n) is 2.68. The van der Waals surface area contributed by atoms with Crippen molar-refractivity contribution in [2.45, 2.75) is 13.3 Å². The number of anilines is 2. The molecule has 0 aliphatic carbocycles. The number of carbonyl (C=O) groups is 1. The second kappa shape index (κ2) is 7.25. The van der Waals surface area contributed by atoms with E-state index in [0.29, 0.717) is 22.9 Å². The van der Waals surface area contributed by atoms with Crippen molar-refractivity contribution in [3.8, 4) is 11.5 Å². The van der Waals surface area contributed by atoms with Gasteiger partial charge in [-0.25, -0.2) is 8.42 Å². The smallest absolute Gasteiger partial charge is 0.232 e. The molecule has 1 N–H and O–H groups in total. The zero-order valence-electron chi connectivity index (χ0n) is 14.6. The number of nitrogens with zero attached hydrogens (tertiary/aromatic N) is 1. The molecule has 0 saturated heterocycles. The number of rotatable bonds is 6. The van der Waals surface area contributed by atoms with E-state index in [1.807, 2.05) is 25.1 Å². The molecule has 0 aromatic heterocycles. The van der Waals surface area contributed by atoms with Gasteiger partial charge in [0.2, 0.25) is 22.7 Å². The molecule has 2 aromatic carbocycles. The lowest BCUT2D eigenvalue weighted by Gasteiger charge is -2.22. The maximum Gasteiger partial charge on any atom is 0.232 e. The highest BCUT2D eigenvalue weighted by molar-refractivity contribution is 7.92. The van der Waals surface area contributed by atoms with E-state index in [1.165, 1.54) is 4.31 Å². The van der Waals surface area contributed by atoms with Gasteiger partial charge in [0.25, 0.3) is 0 Å². The van der Waals surface area contributed by atoms with E-state index >= 15 is 0 Å². The molecule has 26 heavy (non-hydrogen) atoms. The van der Waals surface area contributed by atoms with E-state index < -0.39 is 10.0 Å². The summed E-state index contributed by atoms with van der Waals surface area (Å²) in [5, 5.41) is 2.78. The van der Waals surface area contributed by atoms with Crippen LogP contribution in [0.4, 0.5) is 11.4 Å². The Morgan fingerprint density at radius 2 is 1.92 bits per heavy atom. The van der Waals surface area contributed by atoms with Gasteiger partial charge in [-0.15, -0.1) is 0 Å². The van der Waals surface area contributed by atoms with Crippen molar-refractivity contribution in [3.63, 3.8) is 0 Å². The summed E-state index contributed by atoms with van der Waals surface area (Å²) < 4.78 is 36.1. The summed E-state index contributed by atoms with van der Waals surface area (Å²) in [6.07, 6.45) is 1.13. The maximum atomic E-state index is 12.2. The fraction of sp³-hybridized carbons (Fsp3) is 0.278. The van der Waals surface area contributed by atoms with Crippen LogP contribution in [0, 0.1) is 6.92 Å². The lowest BCUT2D eigenvalue weighted by molar-refractivity contribution is -0.116. The quantitative estimate of drug-likeness (QED) is 0.837. The Morgan fingerprint density at radius 3 is 2.65 bits per heavy atom. The number of hydrogen-bond acceptors (Lipinski definition) is 5. The first-order chi connectivity index (χ1) is 12.3. The summed E-state index contributed by atoms with van der Waals surface area (Å²) in [4.78, 5) is 12.2. The van der Waals surface area contributed by atoms with Gasteiger partial charge in [0.1, 0.15) is 0 Å². The van der Waals surface area contributed by atoms with E-state index in [9.17, 15) is 13.2 Å². The molecule has 0 atom stereocenters. The van der Waals surface area contributed by atoms with Crippen LogP contribution in [0.15, 0.2) is 42.5 Å². The molecule has 1 aliphatic heterocycles. The summed E-state index contributed by atoms with van der Waals surface area (Å²) in [7, 11) is -3.55. The highest BCUT2D eigenvalue weighted by atomic mass is 32.2. The highest BCUT2D eigenvalue weighted by Gasteiger charge is 2.22. The average molecular weight is 376 g/mol. The Balaban J connectivity index is 1.70. The molecular formula is C18H20N2O5S. The van der Waals surface area contributed by atoms with E-state index in [1.54, 1.807) is 24.3 Å². The van der Waals surface area contributed by atoms with Gasteiger partial charge in [0, 0.05) is 24.7 Å². The third-order valence-electron chi connectivity index (χ3n) is 3.89. The van der Waals surface area contributed by atoms with Crippen molar-refractivity contribution < 1.29 is 22.7 Å². The molecule has 0 unspecified atom stereocenters. The Morgan fingerprint density at radius 1 is 1.15 bits per heavy atom. The molecule has 0 radical (unpaired) electrons. The molecule has 7 nitrogen and oxygen atoms in total. The zero-order chi connectivity index (χ0) is 18.7. The molecule has 1 amide bonds.